The van der Waals surface area contributed by atoms with E-state index in [9.17, 15) is 13.6 Å². The zero-order chi connectivity index (χ0) is 21.6. The summed E-state index contributed by atoms with van der Waals surface area (Å²) in [6.45, 7) is 0.0280. The molecule has 0 saturated carbocycles. The van der Waals surface area contributed by atoms with Crippen molar-refractivity contribution in [3.63, 3.8) is 0 Å². The number of likely N-dealkylation sites (tertiary alicyclic amines) is 1. The molecule has 12 heteroatoms. The highest BCUT2D eigenvalue weighted by molar-refractivity contribution is 5.96. The van der Waals surface area contributed by atoms with Crippen molar-refractivity contribution >= 4 is 17.1 Å². The summed E-state index contributed by atoms with van der Waals surface area (Å²) >= 11 is 0. The Balaban J connectivity index is 1.40. The third kappa shape index (κ3) is 3.49. The van der Waals surface area contributed by atoms with E-state index in [0.717, 1.165) is 0 Å². The highest BCUT2D eigenvalue weighted by Crippen LogP contribution is 2.28. The average Bonchev–Trinajstić information content (AvgIpc) is 3.39. The van der Waals surface area contributed by atoms with Crippen LogP contribution in [0.2, 0.25) is 0 Å². The van der Waals surface area contributed by atoms with Gasteiger partial charge >= 0.3 is 0 Å². The summed E-state index contributed by atoms with van der Waals surface area (Å²) in [5, 5.41) is 12.2. The maximum Gasteiger partial charge on any atom is 0.255 e. The van der Waals surface area contributed by atoms with E-state index in [0.29, 0.717) is 33.9 Å². The van der Waals surface area contributed by atoms with Crippen molar-refractivity contribution < 1.29 is 13.6 Å². The lowest BCUT2D eigenvalue weighted by atomic mass is 10.1. The van der Waals surface area contributed by atoms with Gasteiger partial charge in [0.15, 0.2) is 11.5 Å². The van der Waals surface area contributed by atoms with E-state index >= 15 is 0 Å². The van der Waals surface area contributed by atoms with Crippen LogP contribution >= 0.6 is 0 Å². The summed E-state index contributed by atoms with van der Waals surface area (Å²) in [5.41, 5.74) is 2.46. The lowest BCUT2D eigenvalue weighted by Gasteiger charge is -2.31. The molecule has 5 rings (SSSR count). The van der Waals surface area contributed by atoms with E-state index in [4.69, 9.17) is 0 Å². The van der Waals surface area contributed by atoms with Crippen LogP contribution in [0.15, 0.2) is 36.9 Å². The van der Waals surface area contributed by atoms with Gasteiger partial charge in [0.25, 0.3) is 11.8 Å². The van der Waals surface area contributed by atoms with Crippen molar-refractivity contribution in [1.82, 2.24) is 44.6 Å². The number of aromatic nitrogens is 8. The Morgan fingerprint density at radius 2 is 1.90 bits per heavy atom. The average molecular weight is 425 g/mol. The molecule has 0 atom stereocenters. The Bertz CT molecular complexity index is 1260. The summed E-state index contributed by atoms with van der Waals surface area (Å²) < 4.78 is 29.8. The smallest absolute Gasteiger partial charge is 0.255 e. The molecule has 1 aliphatic heterocycles. The van der Waals surface area contributed by atoms with Gasteiger partial charge in [0.1, 0.15) is 17.5 Å². The molecule has 0 spiro atoms. The molecule has 0 bridgehead atoms. The molecule has 1 amide bonds. The minimum atomic E-state index is -2.71. The van der Waals surface area contributed by atoms with Gasteiger partial charge in [-0.2, -0.15) is 9.78 Å². The fourth-order valence-corrected chi connectivity index (χ4v) is 3.50. The van der Waals surface area contributed by atoms with E-state index in [1.165, 1.54) is 22.1 Å². The Morgan fingerprint density at radius 1 is 1.10 bits per heavy atom. The second-order valence-electron chi connectivity index (χ2n) is 7.33. The van der Waals surface area contributed by atoms with E-state index in [1.807, 2.05) is 0 Å². The molecule has 10 nitrogen and oxygen atoms in total. The van der Waals surface area contributed by atoms with Gasteiger partial charge < -0.3 is 4.90 Å². The summed E-state index contributed by atoms with van der Waals surface area (Å²) in [6.07, 6.45) is 3.82. The van der Waals surface area contributed by atoms with Crippen LogP contribution in [0, 0.1) is 0 Å². The number of alkyl halides is 2. The fourth-order valence-electron chi connectivity index (χ4n) is 3.50. The molecule has 0 aromatic carbocycles. The molecule has 31 heavy (non-hydrogen) atoms. The number of aryl methyl sites for hydroxylation is 1. The lowest BCUT2D eigenvalue weighted by molar-refractivity contribution is -0.0494. The zero-order valence-electron chi connectivity index (χ0n) is 16.5. The molecular formula is C19H17F2N9O. The molecule has 0 unspecified atom stereocenters. The van der Waals surface area contributed by atoms with Crippen LogP contribution in [0.3, 0.4) is 0 Å². The summed E-state index contributed by atoms with van der Waals surface area (Å²) in [7, 11) is 1.78. The van der Waals surface area contributed by atoms with Crippen LogP contribution in [-0.4, -0.2) is 69.5 Å². The number of nitrogens with zero attached hydrogens (tertiary/aromatic N) is 9. The van der Waals surface area contributed by atoms with E-state index in [1.54, 1.807) is 36.1 Å². The van der Waals surface area contributed by atoms with Gasteiger partial charge in [-0.25, -0.2) is 23.4 Å². The predicted molar refractivity (Wildman–Crippen MR) is 105 cm³/mol. The SMILES string of the molecule is Cn1ncnc1-c1ccc(-n2nnc3cc(C(=O)N4CCC(F)(F)CC4)cnc32)cn1. The first-order valence-corrected chi connectivity index (χ1v) is 9.61. The number of hydrogen-bond donors (Lipinski definition) is 0. The van der Waals surface area contributed by atoms with E-state index in [2.05, 4.69) is 30.4 Å². The van der Waals surface area contributed by atoms with Crippen LogP contribution < -0.4 is 0 Å². The molecule has 1 aliphatic rings. The number of halogens is 2. The number of amides is 1. The molecule has 4 aromatic rings. The number of fused-ring (bicyclic) bond motifs is 1. The Kier molecular flexibility index (Phi) is 4.41. The lowest BCUT2D eigenvalue weighted by Crippen LogP contribution is -2.42. The molecule has 0 radical (unpaired) electrons. The van der Waals surface area contributed by atoms with Crippen molar-refractivity contribution in [1.29, 1.82) is 0 Å². The fraction of sp³-hybridized carbons (Fsp3) is 0.316. The van der Waals surface area contributed by atoms with Crippen LogP contribution in [0.4, 0.5) is 8.78 Å². The molecule has 1 saturated heterocycles. The number of rotatable bonds is 3. The second-order valence-corrected chi connectivity index (χ2v) is 7.33. The second kappa shape index (κ2) is 7.15. The highest BCUT2D eigenvalue weighted by atomic mass is 19.3. The highest BCUT2D eigenvalue weighted by Gasteiger charge is 2.36. The van der Waals surface area contributed by atoms with Gasteiger partial charge in [-0.1, -0.05) is 5.21 Å². The standard InChI is InChI=1S/C19H17F2N9O/c1-28-16(24-11-25-28)14-3-2-13(10-22-14)30-17-15(26-27-30)8-12(9-23-17)18(31)29-6-4-19(20,21)5-7-29/h2-3,8-11H,4-7H2,1H3. The summed E-state index contributed by atoms with van der Waals surface area (Å²) in [4.78, 5) is 27.0. The topological polar surface area (TPSA) is 108 Å². The van der Waals surface area contributed by atoms with Crippen molar-refractivity contribution in [2.45, 2.75) is 18.8 Å². The van der Waals surface area contributed by atoms with Crippen LogP contribution in [0.5, 0.6) is 0 Å². The van der Waals surface area contributed by atoms with Gasteiger partial charge in [0.05, 0.1) is 17.4 Å². The van der Waals surface area contributed by atoms with Gasteiger partial charge in [-0.3, -0.25) is 9.78 Å². The molecule has 5 heterocycles. The maximum absolute atomic E-state index is 13.4. The van der Waals surface area contributed by atoms with Crippen molar-refractivity contribution in [2.75, 3.05) is 13.1 Å². The van der Waals surface area contributed by atoms with E-state index in [-0.39, 0.29) is 31.8 Å². The van der Waals surface area contributed by atoms with Crippen LogP contribution in [0.25, 0.3) is 28.4 Å². The van der Waals surface area contributed by atoms with E-state index < -0.39 is 5.92 Å². The number of pyridine rings is 2. The number of carbonyl (C=O) groups is 1. The van der Waals surface area contributed by atoms with Crippen LogP contribution in [-0.2, 0) is 7.05 Å². The first kappa shape index (κ1) is 19.2. The van der Waals surface area contributed by atoms with Gasteiger partial charge in [0, 0.05) is 39.2 Å². The summed E-state index contributed by atoms with van der Waals surface area (Å²) in [5.74, 6) is -2.42. The molecule has 0 N–H and O–H groups in total. The molecule has 4 aromatic heterocycles. The first-order chi connectivity index (χ1) is 14.9. The third-order valence-electron chi connectivity index (χ3n) is 5.25. The van der Waals surface area contributed by atoms with Crippen molar-refractivity contribution in [2.24, 2.45) is 7.05 Å². The normalized spacial score (nSPS) is 16.0. The minimum Gasteiger partial charge on any atom is -0.338 e. The number of carbonyl (C=O) groups excluding carboxylic acids is 1. The summed E-state index contributed by atoms with van der Waals surface area (Å²) in [6, 6.07) is 5.17. The monoisotopic (exact) mass is 425 g/mol. The number of piperidine rings is 1. The molecule has 158 valence electrons. The van der Waals surface area contributed by atoms with Gasteiger partial charge in [-0.05, 0) is 18.2 Å². The van der Waals surface area contributed by atoms with Gasteiger partial charge in [-0.15, -0.1) is 5.10 Å². The Hall–Kier alpha value is -3.83. The van der Waals surface area contributed by atoms with Crippen LogP contribution in [0.1, 0.15) is 23.2 Å². The maximum atomic E-state index is 13.4. The van der Waals surface area contributed by atoms with Gasteiger partial charge in [0.2, 0.25) is 0 Å². The molecular weight excluding hydrogens is 408 g/mol. The van der Waals surface area contributed by atoms with Crippen molar-refractivity contribution in [3.05, 3.63) is 42.5 Å². The quantitative estimate of drug-likeness (QED) is 0.493. The third-order valence-corrected chi connectivity index (χ3v) is 5.25. The Morgan fingerprint density at radius 3 is 2.58 bits per heavy atom. The largest absolute Gasteiger partial charge is 0.338 e. The first-order valence-electron chi connectivity index (χ1n) is 9.61. The zero-order valence-corrected chi connectivity index (χ0v) is 16.5. The molecule has 0 aliphatic carbocycles. The predicted octanol–water partition coefficient (Wildman–Crippen LogP) is 1.88. The minimum absolute atomic E-state index is 0.0140. The Labute approximate surface area is 174 Å². The number of hydrogen-bond acceptors (Lipinski definition) is 7. The molecule has 1 fully saturated rings. The van der Waals surface area contributed by atoms with Crippen molar-refractivity contribution in [3.8, 4) is 17.2 Å².